The molecule has 0 spiro atoms. The van der Waals surface area contributed by atoms with Crippen molar-refractivity contribution in [3.8, 4) is 0 Å². The lowest BCUT2D eigenvalue weighted by molar-refractivity contribution is 0.143. The molecule has 1 saturated carbocycles. The highest BCUT2D eigenvalue weighted by Crippen LogP contribution is 2.47. The fourth-order valence-electron chi connectivity index (χ4n) is 1.96. The highest BCUT2D eigenvalue weighted by Gasteiger charge is 2.46. The summed E-state index contributed by atoms with van der Waals surface area (Å²) in [6.45, 7) is 2.08. The smallest absolute Gasteiger partial charge is 0.150 e. The molecule has 1 aromatic rings. The van der Waals surface area contributed by atoms with Crippen LogP contribution in [0.4, 0.5) is 4.39 Å². The first-order chi connectivity index (χ1) is 6.66. The Labute approximate surface area is 84.1 Å². The molecule has 2 N–H and O–H groups in total. The third kappa shape index (κ3) is 1.55. The van der Waals surface area contributed by atoms with E-state index in [-0.39, 0.29) is 12.5 Å². The van der Waals surface area contributed by atoms with Gasteiger partial charge in [0.2, 0.25) is 0 Å². The molecule has 1 unspecified atom stereocenters. The van der Waals surface area contributed by atoms with Gasteiger partial charge in [0.15, 0.2) is 5.67 Å². The van der Waals surface area contributed by atoms with Gasteiger partial charge >= 0.3 is 0 Å². The fraction of sp³-hybridized carbons (Fsp3) is 0.500. The van der Waals surface area contributed by atoms with E-state index >= 15 is 0 Å². The summed E-state index contributed by atoms with van der Waals surface area (Å²) in [4.78, 5) is 0. The van der Waals surface area contributed by atoms with E-state index < -0.39 is 5.67 Å². The van der Waals surface area contributed by atoms with Crippen LogP contribution in [0, 0.1) is 12.8 Å². The molecule has 1 atom stereocenters. The predicted octanol–water partition coefficient (Wildman–Crippen LogP) is 2.53. The molecule has 14 heavy (non-hydrogen) atoms. The molecule has 0 bridgehead atoms. The van der Waals surface area contributed by atoms with Gasteiger partial charge in [-0.1, -0.05) is 29.8 Å². The summed E-state index contributed by atoms with van der Waals surface area (Å²) >= 11 is 0. The molecule has 1 nitrogen and oxygen atoms in total. The Kier molecular flexibility index (Phi) is 2.31. The van der Waals surface area contributed by atoms with E-state index in [0.29, 0.717) is 0 Å². The first-order valence-electron chi connectivity index (χ1n) is 5.13. The van der Waals surface area contributed by atoms with Crippen molar-refractivity contribution in [3.63, 3.8) is 0 Å². The molecule has 0 amide bonds. The Morgan fingerprint density at radius 3 is 2.71 bits per heavy atom. The van der Waals surface area contributed by atoms with Crippen LogP contribution < -0.4 is 5.73 Å². The lowest BCUT2D eigenvalue weighted by Gasteiger charge is -2.24. The predicted molar refractivity (Wildman–Crippen MR) is 55.7 cm³/mol. The number of benzene rings is 1. The molecule has 1 fully saturated rings. The molecule has 1 aliphatic rings. The summed E-state index contributed by atoms with van der Waals surface area (Å²) in [5.41, 5.74) is 6.12. The van der Waals surface area contributed by atoms with Gasteiger partial charge in [0.1, 0.15) is 0 Å². The molecule has 1 aromatic carbocycles. The van der Waals surface area contributed by atoms with E-state index in [1.807, 2.05) is 31.2 Å². The number of hydrogen-bond acceptors (Lipinski definition) is 1. The van der Waals surface area contributed by atoms with Crippen LogP contribution in [0.25, 0.3) is 0 Å². The Bertz CT molecular complexity index is 333. The van der Waals surface area contributed by atoms with Crippen molar-refractivity contribution in [2.24, 2.45) is 11.7 Å². The highest BCUT2D eigenvalue weighted by atomic mass is 19.1. The van der Waals surface area contributed by atoms with Crippen molar-refractivity contribution in [3.05, 3.63) is 35.4 Å². The van der Waals surface area contributed by atoms with Crippen molar-refractivity contribution < 1.29 is 4.39 Å². The molecule has 0 saturated heterocycles. The van der Waals surface area contributed by atoms with Gasteiger partial charge in [-0.2, -0.15) is 0 Å². The van der Waals surface area contributed by atoms with Crippen molar-refractivity contribution in [2.75, 3.05) is 6.54 Å². The van der Waals surface area contributed by atoms with Crippen LogP contribution in [0.2, 0.25) is 0 Å². The Hall–Kier alpha value is -0.890. The van der Waals surface area contributed by atoms with Crippen LogP contribution in [0.5, 0.6) is 0 Å². The summed E-state index contributed by atoms with van der Waals surface area (Å²) in [6, 6.07) is 7.63. The number of alkyl halides is 1. The second kappa shape index (κ2) is 3.35. The van der Waals surface area contributed by atoms with E-state index in [4.69, 9.17) is 5.73 Å². The van der Waals surface area contributed by atoms with E-state index in [0.717, 1.165) is 24.0 Å². The van der Waals surface area contributed by atoms with E-state index in [9.17, 15) is 4.39 Å². The fourth-order valence-corrected chi connectivity index (χ4v) is 1.96. The SMILES string of the molecule is Cc1cccc(C(F)(CN)C2CC2)c1. The Morgan fingerprint density at radius 1 is 1.50 bits per heavy atom. The van der Waals surface area contributed by atoms with Crippen LogP contribution in [0.15, 0.2) is 24.3 Å². The summed E-state index contributed by atoms with van der Waals surface area (Å²) in [7, 11) is 0. The zero-order valence-electron chi connectivity index (χ0n) is 8.46. The zero-order valence-corrected chi connectivity index (χ0v) is 8.46. The van der Waals surface area contributed by atoms with Crippen LogP contribution in [0.1, 0.15) is 24.0 Å². The largest absolute Gasteiger partial charge is 0.327 e. The molecular formula is C12H16FN. The lowest BCUT2D eigenvalue weighted by Crippen LogP contribution is -2.32. The minimum Gasteiger partial charge on any atom is -0.327 e. The minimum atomic E-state index is -1.29. The molecule has 76 valence electrons. The molecule has 0 radical (unpaired) electrons. The maximum atomic E-state index is 14.5. The Balaban J connectivity index is 2.35. The number of nitrogens with two attached hydrogens (primary N) is 1. The van der Waals surface area contributed by atoms with Gasteiger partial charge in [-0.3, -0.25) is 0 Å². The average Bonchev–Trinajstić information content (AvgIpc) is 3.00. The monoisotopic (exact) mass is 193 g/mol. The third-order valence-electron chi connectivity index (χ3n) is 3.02. The molecule has 1 aliphatic carbocycles. The van der Waals surface area contributed by atoms with Crippen molar-refractivity contribution in [1.29, 1.82) is 0 Å². The van der Waals surface area contributed by atoms with Gasteiger partial charge in [-0.25, -0.2) is 4.39 Å². The van der Waals surface area contributed by atoms with Gasteiger partial charge < -0.3 is 5.73 Å². The summed E-state index contributed by atoms with van der Waals surface area (Å²) in [6.07, 6.45) is 1.95. The molecule has 0 aliphatic heterocycles. The third-order valence-corrected chi connectivity index (χ3v) is 3.02. The standard InChI is InChI=1S/C12H16FN/c1-9-3-2-4-11(7-9)12(13,8-14)10-5-6-10/h2-4,7,10H,5-6,8,14H2,1H3. The van der Waals surface area contributed by atoms with Crippen LogP contribution >= 0.6 is 0 Å². The molecule has 2 heteroatoms. The first kappa shape index (κ1) is 9.66. The Morgan fingerprint density at radius 2 is 2.21 bits per heavy atom. The quantitative estimate of drug-likeness (QED) is 0.784. The maximum absolute atomic E-state index is 14.5. The summed E-state index contributed by atoms with van der Waals surface area (Å²) in [5.74, 6) is 0.147. The lowest BCUT2D eigenvalue weighted by atomic mass is 9.90. The molecule has 2 rings (SSSR count). The first-order valence-corrected chi connectivity index (χ1v) is 5.13. The molecule has 0 heterocycles. The number of halogens is 1. The zero-order chi connectivity index (χ0) is 10.2. The van der Waals surface area contributed by atoms with Gasteiger partial charge in [0.25, 0.3) is 0 Å². The van der Waals surface area contributed by atoms with E-state index in [1.165, 1.54) is 0 Å². The van der Waals surface area contributed by atoms with Crippen molar-refractivity contribution in [1.82, 2.24) is 0 Å². The van der Waals surface area contributed by atoms with Gasteiger partial charge in [-0.15, -0.1) is 0 Å². The second-order valence-corrected chi connectivity index (χ2v) is 4.21. The van der Waals surface area contributed by atoms with Gasteiger partial charge in [0, 0.05) is 6.54 Å². The van der Waals surface area contributed by atoms with E-state index in [1.54, 1.807) is 0 Å². The highest BCUT2D eigenvalue weighted by molar-refractivity contribution is 5.29. The number of hydrogen-bond donors (Lipinski definition) is 1. The van der Waals surface area contributed by atoms with Crippen LogP contribution in [-0.2, 0) is 5.67 Å². The average molecular weight is 193 g/mol. The summed E-state index contributed by atoms with van der Waals surface area (Å²) < 4.78 is 14.5. The molecular weight excluding hydrogens is 177 g/mol. The van der Waals surface area contributed by atoms with Gasteiger partial charge in [0.05, 0.1) is 0 Å². The second-order valence-electron chi connectivity index (χ2n) is 4.21. The van der Waals surface area contributed by atoms with Gasteiger partial charge in [-0.05, 0) is 31.2 Å². The topological polar surface area (TPSA) is 26.0 Å². The molecule has 0 aromatic heterocycles. The maximum Gasteiger partial charge on any atom is 0.150 e. The van der Waals surface area contributed by atoms with E-state index in [2.05, 4.69) is 0 Å². The van der Waals surface area contributed by atoms with Crippen LogP contribution in [-0.4, -0.2) is 6.54 Å². The van der Waals surface area contributed by atoms with Crippen LogP contribution in [0.3, 0.4) is 0 Å². The minimum absolute atomic E-state index is 0.0983. The summed E-state index contributed by atoms with van der Waals surface area (Å²) in [5, 5.41) is 0. The van der Waals surface area contributed by atoms with Crippen molar-refractivity contribution in [2.45, 2.75) is 25.4 Å². The number of rotatable bonds is 3. The van der Waals surface area contributed by atoms with Crippen molar-refractivity contribution >= 4 is 0 Å². The number of aryl methyl sites for hydroxylation is 1. The normalized spacial score (nSPS) is 20.5.